The van der Waals surface area contributed by atoms with Gasteiger partial charge >= 0.3 is 5.97 Å². The Morgan fingerprint density at radius 2 is 2.03 bits per heavy atom. The van der Waals surface area contributed by atoms with Gasteiger partial charge in [-0.1, -0.05) is 12.1 Å². The zero-order valence-corrected chi connectivity index (χ0v) is 17.8. The van der Waals surface area contributed by atoms with Crippen LogP contribution in [0.1, 0.15) is 58.0 Å². The zero-order chi connectivity index (χ0) is 21.1. The van der Waals surface area contributed by atoms with Gasteiger partial charge in [-0.25, -0.2) is 9.48 Å². The summed E-state index contributed by atoms with van der Waals surface area (Å²) >= 11 is 1.36. The van der Waals surface area contributed by atoms with Crippen LogP contribution in [0.2, 0.25) is 0 Å². The van der Waals surface area contributed by atoms with E-state index in [0.29, 0.717) is 22.0 Å². The fourth-order valence-electron chi connectivity index (χ4n) is 2.87. The first-order valence-electron chi connectivity index (χ1n) is 9.30. The molecule has 29 heavy (non-hydrogen) atoms. The summed E-state index contributed by atoms with van der Waals surface area (Å²) in [5, 5.41) is 15.2. The van der Waals surface area contributed by atoms with Crippen molar-refractivity contribution in [3.8, 4) is 11.4 Å². The molecule has 0 aliphatic carbocycles. The van der Waals surface area contributed by atoms with Crippen LogP contribution in [0.4, 0.5) is 5.00 Å². The van der Waals surface area contributed by atoms with E-state index >= 15 is 0 Å². The normalized spacial score (nSPS) is 11.0. The van der Waals surface area contributed by atoms with Crippen LogP contribution < -0.4 is 5.32 Å². The molecule has 1 aromatic carbocycles. The Balaban J connectivity index is 1.90. The van der Waals surface area contributed by atoms with E-state index in [1.54, 1.807) is 29.8 Å². The van der Waals surface area contributed by atoms with Gasteiger partial charge in [0.25, 0.3) is 5.91 Å². The number of ether oxygens (including phenoxy) is 1. The predicted octanol–water partition coefficient (Wildman–Crippen LogP) is 4.03. The molecule has 0 aliphatic heterocycles. The summed E-state index contributed by atoms with van der Waals surface area (Å²) in [6.07, 6.45) is 0. The van der Waals surface area contributed by atoms with Gasteiger partial charge in [0.1, 0.15) is 5.00 Å². The summed E-state index contributed by atoms with van der Waals surface area (Å²) < 4.78 is 6.84. The second-order valence-electron chi connectivity index (χ2n) is 6.78. The third-order valence-electron chi connectivity index (χ3n) is 4.46. The molecule has 9 heteroatoms. The molecule has 8 nitrogen and oxygen atoms in total. The fourth-order valence-corrected chi connectivity index (χ4v) is 3.91. The minimum absolute atomic E-state index is 0.0849. The lowest BCUT2D eigenvalue weighted by Gasteiger charge is -2.10. The summed E-state index contributed by atoms with van der Waals surface area (Å²) in [4.78, 5) is 26.2. The van der Waals surface area contributed by atoms with E-state index < -0.39 is 5.97 Å². The second-order valence-corrected chi connectivity index (χ2v) is 8.01. The minimum Gasteiger partial charge on any atom is -0.462 e. The van der Waals surface area contributed by atoms with Crippen molar-refractivity contribution in [1.29, 1.82) is 0 Å². The van der Waals surface area contributed by atoms with Gasteiger partial charge in [-0.15, -0.1) is 16.4 Å². The van der Waals surface area contributed by atoms with Crippen molar-refractivity contribution in [1.82, 2.24) is 20.2 Å². The Hall–Kier alpha value is -3.07. The van der Waals surface area contributed by atoms with Gasteiger partial charge in [-0.05, 0) is 62.7 Å². The number of nitrogens with one attached hydrogen (secondary N) is 1. The maximum atomic E-state index is 12.9. The number of hydrogen-bond donors (Lipinski definition) is 1. The first-order valence-corrected chi connectivity index (χ1v) is 10.1. The van der Waals surface area contributed by atoms with Gasteiger partial charge < -0.3 is 10.1 Å². The van der Waals surface area contributed by atoms with E-state index in [0.717, 1.165) is 16.0 Å². The molecule has 0 spiro atoms. The van der Waals surface area contributed by atoms with Crippen LogP contribution in [0.5, 0.6) is 0 Å². The van der Waals surface area contributed by atoms with Crippen LogP contribution in [-0.4, -0.2) is 38.7 Å². The van der Waals surface area contributed by atoms with E-state index in [9.17, 15) is 9.59 Å². The summed E-state index contributed by atoms with van der Waals surface area (Å²) in [5.41, 5.74) is 2.40. The highest BCUT2D eigenvalue weighted by molar-refractivity contribution is 7.16. The molecule has 0 bridgehead atoms. The van der Waals surface area contributed by atoms with Crippen LogP contribution in [0.25, 0.3) is 11.4 Å². The lowest BCUT2D eigenvalue weighted by molar-refractivity contribution is 0.0527. The highest BCUT2D eigenvalue weighted by Crippen LogP contribution is 2.33. The summed E-state index contributed by atoms with van der Waals surface area (Å²) in [6.45, 7) is 9.74. The van der Waals surface area contributed by atoms with Gasteiger partial charge in [0.05, 0.1) is 18.2 Å². The van der Waals surface area contributed by atoms with Crippen molar-refractivity contribution in [3.05, 3.63) is 45.8 Å². The molecule has 0 saturated carbocycles. The molecule has 152 valence electrons. The largest absolute Gasteiger partial charge is 0.462 e. The van der Waals surface area contributed by atoms with E-state index in [1.807, 2.05) is 33.8 Å². The standard InChI is InChI=1S/C20H23N5O3S/c1-6-28-20(27)16-12(4)13(5)29-19(16)21-18(26)15-9-7-8-14(10-15)17-22-23-24-25(17)11(2)3/h7-11H,6H2,1-5H3,(H,21,26). The number of carbonyl (C=O) groups is 2. The van der Waals surface area contributed by atoms with Gasteiger partial charge in [0.15, 0.2) is 5.82 Å². The molecule has 0 unspecified atom stereocenters. The number of anilines is 1. The number of hydrogen-bond acceptors (Lipinski definition) is 7. The Kier molecular flexibility index (Phi) is 6.07. The Labute approximate surface area is 172 Å². The quantitative estimate of drug-likeness (QED) is 0.613. The Bertz CT molecular complexity index is 1050. The Morgan fingerprint density at radius 1 is 1.28 bits per heavy atom. The number of amides is 1. The van der Waals surface area contributed by atoms with Crippen molar-refractivity contribution >= 4 is 28.2 Å². The molecule has 0 fully saturated rings. The third-order valence-corrected chi connectivity index (χ3v) is 5.58. The summed E-state index contributed by atoms with van der Waals surface area (Å²) in [7, 11) is 0. The lowest BCUT2D eigenvalue weighted by atomic mass is 10.1. The second kappa shape index (κ2) is 8.52. The molecular formula is C20H23N5O3S. The maximum absolute atomic E-state index is 12.9. The van der Waals surface area contributed by atoms with Crippen molar-refractivity contribution in [2.45, 2.75) is 40.7 Å². The molecule has 3 rings (SSSR count). The average Bonchev–Trinajstić information content (AvgIpc) is 3.27. The first kappa shape index (κ1) is 20.7. The molecule has 0 radical (unpaired) electrons. The van der Waals surface area contributed by atoms with Crippen molar-refractivity contribution in [3.63, 3.8) is 0 Å². The average molecular weight is 414 g/mol. The summed E-state index contributed by atoms with van der Waals surface area (Å²) in [6, 6.07) is 7.16. The van der Waals surface area contributed by atoms with Crippen molar-refractivity contribution < 1.29 is 14.3 Å². The lowest BCUT2D eigenvalue weighted by Crippen LogP contribution is -2.15. The number of benzene rings is 1. The molecule has 0 atom stereocenters. The van der Waals surface area contributed by atoms with E-state index in [4.69, 9.17) is 4.74 Å². The van der Waals surface area contributed by atoms with E-state index in [2.05, 4.69) is 20.8 Å². The molecule has 3 aromatic rings. The molecule has 0 aliphatic rings. The van der Waals surface area contributed by atoms with Crippen LogP contribution in [0.3, 0.4) is 0 Å². The monoisotopic (exact) mass is 413 g/mol. The first-order chi connectivity index (χ1) is 13.8. The molecule has 2 heterocycles. The molecule has 2 aromatic heterocycles. The van der Waals surface area contributed by atoms with Gasteiger partial charge in [0.2, 0.25) is 0 Å². The van der Waals surface area contributed by atoms with Crippen LogP contribution in [0, 0.1) is 13.8 Å². The number of aryl methyl sites for hydroxylation is 1. The highest BCUT2D eigenvalue weighted by Gasteiger charge is 2.23. The number of thiophene rings is 1. The number of aromatic nitrogens is 4. The van der Waals surface area contributed by atoms with Crippen molar-refractivity contribution in [2.24, 2.45) is 0 Å². The number of rotatable bonds is 6. The van der Waals surface area contributed by atoms with Crippen molar-refractivity contribution in [2.75, 3.05) is 11.9 Å². The maximum Gasteiger partial charge on any atom is 0.341 e. The van der Waals surface area contributed by atoms with E-state index in [1.165, 1.54) is 11.3 Å². The van der Waals surface area contributed by atoms with Gasteiger partial charge in [-0.2, -0.15) is 0 Å². The number of nitrogens with zero attached hydrogens (tertiary/aromatic N) is 4. The third kappa shape index (κ3) is 4.19. The van der Waals surface area contributed by atoms with Crippen LogP contribution >= 0.6 is 11.3 Å². The smallest absolute Gasteiger partial charge is 0.341 e. The molecule has 1 N–H and O–H groups in total. The highest BCUT2D eigenvalue weighted by atomic mass is 32.1. The minimum atomic E-state index is -0.436. The SMILES string of the molecule is CCOC(=O)c1c(NC(=O)c2cccc(-c3nnnn3C(C)C)c2)sc(C)c1C. The van der Waals surface area contributed by atoms with Gasteiger partial charge in [-0.3, -0.25) is 4.79 Å². The van der Waals surface area contributed by atoms with E-state index in [-0.39, 0.29) is 18.6 Å². The number of tetrazole rings is 1. The molecule has 0 saturated heterocycles. The number of carbonyl (C=O) groups excluding carboxylic acids is 2. The van der Waals surface area contributed by atoms with Gasteiger partial charge in [0, 0.05) is 16.0 Å². The predicted molar refractivity (Wildman–Crippen MR) is 111 cm³/mol. The molecule has 1 amide bonds. The zero-order valence-electron chi connectivity index (χ0n) is 17.0. The topological polar surface area (TPSA) is 99.0 Å². The molecular weight excluding hydrogens is 390 g/mol. The Morgan fingerprint density at radius 3 is 2.72 bits per heavy atom. The fraction of sp³-hybridized carbons (Fsp3) is 0.350. The number of esters is 1. The summed E-state index contributed by atoms with van der Waals surface area (Å²) in [5.74, 6) is -0.165. The van der Waals surface area contributed by atoms with Crippen LogP contribution in [0.15, 0.2) is 24.3 Å². The van der Waals surface area contributed by atoms with Crippen LogP contribution in [-0.2, 0) is 4.74 Å².